The summed E-state index contributed by atoms with van der Waals surface area (Å²) in [5, 5.41) is 17.5. The van der Waals surface area contributed by atoms with Crippen LogP contribution >= 0.6 is 0 Å². The summed E-state index contributed by atoms with van der Waals surface area (Å²) in [5.74, 6) is 2.63. The molecule has 8 rings (SSSR count). The molecule has 13 nitrogen and oxygen atoms in total. The van der Waals surface area contributed by atoms with Crippen molar-refractivity contribution >= 4 is 26.0 Å². The van der Waals surface area contributed by atoms with Crippen LogP contribution in [0.1, 0.15) is 122 Å². The molecule has 2 fully saturated rings. The zero-order chi connectivity index (χ0) is 43.2. The van der Waals surface area contributed by atoms with Crippen LogP contribution in [0.15, 0.2) is 73.1 Å². The van der Waals surface area contributed by atoms with Crippen LogP contribution in [0, 0.1) is 13.8 Å². The number of likely N-dealkylation sites (tertiary alicyclic amines) is 2. The van der Waals surface area contributed by atoms with Crippen LogP contribution < -0.4 is 48.5 Å². The van der Waals surface area contributed by atoms with Crippen molar-refractivity contribution in [1.82, 2.24) is 19.8 Å². The van der Waals surface area contributed by atoms with E-state index < -0.39 is 17.3 Å². The Balaban J connectivity index is 0.000000309. The summed E-state index contributed by atoms with van der Waals surface area (Å²) in [6.07, 6.45) is 6.40. The first kappa shape index (κ1) is 50.2. The molecule has 325 valence electrons. The molecule has 1 unspecified atom stereocenters. The number of hydrogen-bond acceptors (Lipinski definition) is 11. The Hall–Kier alpha value is -4.47. The second-order valence-corrected chi connectivity index (χ2v) is 16.5. The van der Waals surface area contributed by atoms with Crippen LogP contribution in [0.3, 0.4) is 0 Å². The van der Waals surface area contributed by atoms with Gasteiger partial charge in [-0.3, -0.25) is 14.4 Å². The smallest absolute Gasteiger partial charge is 1.00 e. The Morgan fingerprint density at radius 1 is 0.742 bits per heavy atom. The fourth-order valence-corrected chi connectivity index (χ4v) is 8.29. The Labute approximate surface area is 390 Å². The molecule has 6 heterocycles. The summed E-state index contributed by atoms with van der Waals surface area (Å²) >= 11 is 0. The summed E-state index contributed by atoms with van der Waals surface area (Å²) in [5.41, 5.74) is 3.52. The Kier molecular flexibility index (Phi) is 17.6. The normalized spacial score (nSPS) is 17.9. The van der Waals surface area contributed by atoms with Gasteiger partial charge in [0.05, 0.1) is 30.3 Å². The van der Waals surface area contributed by atoms with Gasteiger partial charge < -0.3 is 40.4 Å². The van der Waals surface area contributed by atoms with Gasteiger partial charge in [-0.15, -0.1) is 0 Å². The SMILES string of the molecule is CO.Cc1cc(C(=O)N2CCC3(CC2)CC(=O)c2cccnc2O3)ccc1OC(C)C.Cc1cc(C(=O)N2CCC3(CC2)CC(O)c2cccnc2O3)ccc1OC(C)C.[B].[H-].[Na+]. The van der Waals surface area contributed by atoms with Gasteiger partial charge in [-0.1, -0.05) is 0 Å². The number of aryl methyl sites for hydroxylation is 2. The molecule has 3 radical (unpaired) electrons. The number of aliphatic hydroxyl groups is 2. The topological polar surface area (TPSA) is 161 Å². The minimum absolute atomic E-state index is 0. The number of aromatic nitrogens is 2. The molecule has 0 bridgehead atoms. The standard InChI is InChI=1S/C23H28N2O4.C23H26N2O4.CH4O.B.Na.H/c2*1-15(2)28-20-7-6-17(13-16(20)3)22(27)25-11-8-23(9-12-25)14-19(26)18-5-4-10-24-21(18)29-23;1-2;;;/h4-7,10,13,15,19,26H,8-9,11-12,14H2,1-3H3;4-7,10,13,15H,8-9,11-12,14H2,1-3H3;2H,1H3;;;/q;;;;+1;-1. The average Bonchev–Trinajstić information content (AvgIpc) is 3.23. The fourth-order valence-electron chi connectivity index (χ4n) is 8.29. The van der Waals surface area contributed by atoms with E-state index in [1.54, 1.807) is 24.5 Å². The number of rotatable bonds is 6. The number of nitrogens with zero attached hydrogens (tertiary/aromatic N) is 4. The van der Waals surface area contributed by atoms with Crippen molar-refractivity contribution in [1.29, 1.82) is 0 Å². The first-order chi connectivity index (χ1) is 28.7. The van der Waals surface area contributed by atoms with Crippen molar-refractivity contribution in [2.45, 2.75) is 110 Å². The van der Waals surface area contributed by atoms with E-state index in [0.717, 1.165) is 35.3 Å². The number of benzene rings is 2. The zero-order valence-electron chi connectivity index (χ0n) is 38.3. The van der Waals surface area contributed by atoms with E-state index in [1.165, 1.54) is 0 Å². The molecule has 2 spiro atoms. The van der Waals surface area contributed by atoms with Gasteiger partial charge in [0.1, 0.15) is 22.7 Å². The maximum atomic E-state index is 13.0. The van der Waals surface area contributed by atoms with Crippen molar-refractivity contribution in [3.8, 4) is 23.3 Å². The van der Waals surface area contributed by atoms with Gasteiger partial charge in [-0.05, 0) is 113 Å². The number of Topliss-reactive ketones (excluding diaryl/α,β-unsaturated/α-hetero) is 1. The molecule has 15 heteroatoms. The molecule has 2 aromatic heterocycles. The van der Waals surface area contributed by atoms with Crippen LogP contribution in [-0.4, -0.2) is 113 Å². The number of carbonyl (C=O) groups is 3. The summed E-state index contributed by atoms with van der Waals surface area (Å²) in [4.78, 5) is 50.7. The third-order valence-electron chi connectivity index (χ3n) is 11.4. The first-order valence-electron chi connectivity index (χ1n) is 20.8. The predicted octanol–water partition coefficient (Wildman–Crippen LogP) is 3.83. The van der Waals surface area contributed by atoms with Crippen molar-refractivity contribution in [2.24, 2.45) is 0 Å². The van der Waals surface area contributed by atoms with Crippen LogP contribution in [-0.2, 0) is 0 Å². The van der Waals surface area contributed by atoms with Gasteiger partial charge in [0.25, 0.3) is 11.8 Å². The number of carbonyl (C=O) groups excluding carboxylic acids is 3. The molecule has 62 heavy (non-hydrogen) atoms. The van der Waals surface area contributed by atoms with Crippen LogP contribution in [0.5, 0.6) is 23.3 Å². The Bertz CT molecular complexity index is 2180. The maximum absolute atomic E-state index is 13.0. The van der Waals surface area contributed by atoms with E-state index in [9.17, 15) is 19.5 Å². The molecule has 2 N–H and O–H groups in total. The molecule has 2 amide bonds. The monoisotopic (exact) mass is 857 g/mol. The molecular formula is C47H59BN4NaO9. The molecule has 2 aromatic carbocycles. The van der Waals surface area contributed by atoms with Crippen LogP contribution in [0.25, 0.3) is 0 Å². The van der Waals surface area contributed by atoms with E-state index in [-0.39, 0.29) is 69.2 Å². The molecule has 1 atom stereocenters. The van der Waals surface area contributed by atoms with Crippen molar-refractivity contribution in [3.05, 3.63) is 106 Å². The van der Waals surface area contributed by atoms with Crippen LogP contribution in [0.2, 0.25) is 0 Å². The molecule has 4 aromatic rings. The van der Waals surface area contributed by atoms with Gasteiger partial charge in [-0.25, -0.2) is 9.97 Å². The molecule has 4 aliphatic heterocycles. The van der Waals surface area contributed by atoms with Crippen molar-refractivity contribution < 1.29 is 74.5 Å². The predicted molar refractivity (Wildman–Crippen MR) is 233 cm³/mol. The number of amides is 2. The molecule has 2 saturated heterocycles. The van der Waals surface area contributed by atoms with Gasteiger partial charge in [0.2, 0.25) is 11.8 Å². The number of ether oxygens (including phenoxy) is 4. The van der Waals surface area contributed by atoms with Gasteiger partial charge in [-0.2, -0.15) is 0 Å². The van der Waals surface area contributed by atoms with E-state index in [2.05, 4.69) is 9.97 Å². The molecule has 0 aliphatic carbocycles. The number of piperidine rings is 2. The summed E-state index contributed by atoms with van der Waals surface area (Å²) in [6.45, 7) is 14.1. The second kappa shape index (κ2) is 21.8. The number of hydrogen-bond donors (Lipinski definition) is 2. The van der Waals surface area contributed by atoms with E-state index in [1.807, 2.05) is 99.9 Å². The first-order valence-corrected chi connectivity index (χ1v) is 20.8. The minimum atomic E-state index is -0.578. The average molecular weight is 858 g/mol. The Morgan fingerprint density at radius 3 is 1.68 bits per heavy atom. The summed E-state index contributed by atoms with van der Waals surface area (Å²) in [7, 11) is 1.00. The van der Waals surface area contributed by atoms with Crippen molar-refractivity contribution in [3.63, 3.8) is 0 Å². The third-order valence-corrected chi connectivity index (χ3v) is 11.4. The minimum Gasteiger partial charge on any atom is -1.00 e. The number of pyridine rings is 2. The van der Waals surface area contributed by atoms with Gasteiger partial charge >= 0.3 is 29.6 Å². The summed E-state index contributed by atoms with van der Waals surface area (Å²) < 4.78 is 23.9. The largest absolute Gasteiger partial charge is 1.00 e. The van der Waals surface area contributed by atoms with E-state index in [4.69, 9.17) is 24.1 Å². The third kappa shape index (κ3) is 11.6. The van der Waals surface area contributed by atoms with E-state index in [0.29, 0.717) is 93.2 Å². The fraction of sp³-hybridized carbons (Fsp3) is 0.468. The number of ketones is 1. The maximum Gasteiger partial charge on any atom is 1.00 e. The number of aliphatic hydroxyl groups excluding tert-OH is 2. The second-order valence-electron chi connectivity index (χ2n) is 16.5. The molecule has 0 saturated carbocycles. The van der Waals surface area contributed by atoms with Crippen molar-refractivity contribution in [2.75, 3.05) is 33.3 Å². The summed E-state index contributed by atoms with van der Waals surface area (Å²) in [6, 6.07) is 18.3. The quantitative estimate of drug-likeness (QED) is 0.272. The molecular weight excluding hydrogens is 798 g/mol. The number of fused-ring (bicyclic) bond motifs is 2. The Morgan fingerprint density at radius 2 is 1.19 bits per heavy atom. The van der Waals surface area contributed by atoms with Gasteiger partial charge in [0.15, 0.2) is 5.78 Å². The van der Waals surface area contributed by atoms with Gasteiger partial charge in [0, 0.05) is 103 Å². The van der Waals surface area contributed by atoms with Crippen LogP contribution in [0.4, 0.5) is 0 Å². The van der Waals surface area contributed by atoms with E-state index >= 15 is 0 Å². The zero-order valence-corrected chi connectivity index (χ0v) is 39.3. The molecule has 4 aliphatic rings.